The van der Waals surface area contributed by atoms with Gasteiger partial charge in [-0.1, -0.05) is 0 Å². The van der Waals surface area contributed by atoms with Crippen molar-refractivity contribution in [1.82, 2.24) is 0 Å². The first-order chi connectivity index (χ1) is 0. The van der Waals surface area contributed by atoms with Gasteiger partial charge in [0.2, 0.25) is 0 Å². The zero-order valence-electron chi connectivity index (χ0n) is 3.65. The van der Waals surface area contributed by atoms with Gasteiger partial charge >= 0.3 is 55.8 Å². The number of hydrogen-bond acceptors (Lipinski definition) is 1. The molecule has 0 spiro atoms. The van der Waals surface area contributed by atoms with Crippen LogP contribution in [0.5, 0.6) is 0 Å². The summed E-state index contributed by atoms with van der Waals surface area (Å²) in [5.41, 5.74) is 0. The molecule has 0 fully saturated rings. The van der Waals surface area contributed by atoms with E-state index in [0.717, 1.165) is 0 Å². The van der Waals surface area contributed by atoms with E-state index in [1.165, 1.54) is 0 Å². The summed E-state index contributed by atoms with van der Waals surface area (Å²) in [4.78, 5) is 0. The predicted octanol–water partition coefficient (Wildman–Crippen LogP) is -6.01. The Kier molecular flexibility index (Phi) is 658. The molecule has 3 nitrogen and oxygen atoms in total. The molecule has 0 heterocycles. The summed E-state index contributed by atoms with van der Waals surface area (Å²) in [6.07, 6.45) is 0. The van der Waals surface area contributed by atoms with Gasteiger partial charge in [0.15, 0.2) is 0 Å². The van der Waals surface area contributed by atoms with Crippen LogP contribution in [0.1, 0.15) is 0 Å². The largest absolute Gasteiger partial charge is 1.00 e. The smallest absolute Gasteiger partial charge is 0.870 e. The molecule has 0 rings (SSSR count). The fourth-order valence-electron chi connectivity index (χ4n) is 0. The molecule has 0 aliphatic carbocycles. The van der Waals surface area contributed by atoms with Crippen molar-refractivity contribution >= 4 is 26.2 Å². The maximum absolute atomic E-state index is 0. The first kappa shape index (κ1) is 77.2. The molecule has 5 N–H and O–H groups in total. The molecule has 0 saturated heterocycles. The predicted molar refractivity (Wildman–Crippen MR) is 19.1 cm³/mol. The zero-order valence-corrected chi connectivity index (χ0v) is 12.7. The van der Waals surface area contributed by atoms with Gasteiger partial charge in [-0.15, -0.1) is 0 Å². The Morgan fingerprint density at radius 1 is 0.833 bits per heavy atom. The number of rotatable bonds is 0. The molecule has 0 amide bonds. The fourth-order valence-corrected chi connectivity index (χ4v) is 0. The molecule has 0 saturated carbocycles. The van der Waals surface area contributed by atoms with Crippen LogP contribution in [-0.2, 0) is 21.7 Å². The van der Waals surface area contributed by atoms with Gasteiger partial charge in [0.05, 0.1) is 0 Å². The first-order valence-electron chi connectivity index (χ1n) is 0. The van der Waals surface area contributed by atoms with E-state index in [1.54, 1.807) is 0 Å². The summed E-state index contributed by atoms with van der Waals surface area (Å²) in [6.45, 7) is 0. The molecule has 0 aliphatic heterocycles. The Hall–Kier alpha value is 2.48. The van der Waals surface area contributed by atoms with Crippen LogP contribution < -0.4 is 29.6 Å². The summed E-state index contributed by atoms with van der Waals surface area (Å²) < 4.78 is 0. The summed E-state index contributed by atoms with van der Waals surface area (Å²) >= 11 is 0. The van der Waals surface area contributed by atoms with Gasteiger partial charge in [0.25, 0.3) is 0 Å². The topological polar surface area (TPSA) is 93.0 Å². The molecule has 0 aromatic rings. The van der Waals surface area contributed by atoms with Crippen LogP contribution in [0.15, 0.2) is 0 Å². The monoisotopic (exact) mass is 336 g/mol. The van der Waals surface area contributed by atoms with E-state index in [-0.39, 0.29) is 93.9 Å². The Morgan fingerprint density at radius 2 is 0.833 bits per heavy atom. The normalized spacial score (nSPS) is 0. The molecule has 0 unspecified atom stereocenters. The summed E-state index contributed by atoms with van der Waals surface area (Å²) in [5.74, 6) is 0. The average Bonchev–Trinajstić information content (AvgIpc) is 0. The van der Waals surface area contributed by atoms with Crippen molar-refractivity contribution in [2.75, 3.05) is 0 Å². The SMILES string of the molecule is O.O.[BiH3].[Na+].[OH-].[Ti]. The van der Waals surface area contributed by atoms with Crippen molar-refractivity contribution in [3.63, 3.8) is 0 Å². The van der Waals surface area contributed by atoms with E-state index in [9.17, 15) is 0 Å². The van der Waals surface area contributed by atoms with E-state index in [1.807, 2.05) is 0 Å². The van der Waals surface area contributed by atoms with Crippen LogP contribution in [0.2, 0.25) is 0 Å². The standard InChI is InChI=1S/Bi.Na.3H2O.Ti.3H/h;;3*1H2;;;;/q;+1;;;;;;;/p-1. The summed E-state index contributed by atoms with van der Waals surface area (Å²) in [5, 5.41) is 0. The van der Waals surface area contributed by atoms with E-state index in [0.29, 0.717) is 0 Å². The third kappa shape index (κ3) is 31.7. The van der Waals surface area contributed by atoms with Crippen LogP contribution in [0.3, 0.4) is 0 Å². The van der Waals surface area contributed by atoms with E-state index < -0.39 is 0 Å². The second-order valence-electron chi connectivity index (χ2n) is 0. The van der Waals surface area contributed by atoms with Gasteiger partial charge in [-0.05, 0) is 0 Å². The molecule has 6 heteroatoms. The Morgan fingerprint density at radius 3 is 0.833 bits per heavy atom. The molecular formula is H8BiNaO3Ti. The van der Waals surface area contributed by atoms with E-state index >= 15 is 0 Å². The third-order valence-corrected chi connectivity index (χ3v) is 0. The minimum atomic E-state index is 0. The second-order valence-corrected chi connectivity index (χ2v) is 0. The third-order valence-electron chi connectivity index (χ3n) is 0. The summed E-state index contributed by atoms with van der Waals surface area (Å²) in [7, 11) is 0. The van der Waals surface area contributed by atoms with Gasteiger partial charge in [-0.2, -0.15) is 0 Å². The Balaban J connectivity index is 0. The van der Waals surface area contributed by atoms with Gasteiger partial charge < -0.3 is 16.4 Å². The minimum absolute atomic E-state index is 0. The number of hydrogen-bond donors (Lipinski definition) is 0. The van der Waals surface area contributed by atoms with Gasteiger partial charge in [0.1, 0.15) is 0 Å². The molecule has 0 atom stereocenters. The molecule has 0 bridgehead atoms. The van der Waals surface area contributed by atoms with Crippen molar-refractivity contribution < 1.29 is 67.7 Å². The van der Waals surface area contributed by atoms with E-state index in [2.05, 4.69) is 0 Å². The average molecular weight is 336 g/mol. The Bertz CT molecular complexity index is 10.8. The molecule has 0 aliphatic rings. The van der Waals surface area contributed by atoms with Crippen LogP contribution in [0.4, 0.5) is 0 Å². The van der Waals surface area contributed by atoms with Gasteiger partial charge in [-0.3, -0.25) is 0 Å². The van der Waals surface area contributed by atoms with Crippen molar-refractivity contribution in [2.45, 2.75) is 0 Å². The Labute approximate surface area is 92.5 Å². The van der Waals surface area contributed by atoms with Crippen LogP contribution in [0.25, 0.3) is 0 Å². The van der Waals surface area contributed by atoms with Gasteiger partial charge in [-0.25, -0.2) is 0 Å². The zero-order chi connectivity index (χ0) is 0. The van der Waals surface area contributed by atoms with Crippen LogP contribution in [0, 0.1) is 0 Å². The molecule has 0 aromatic carbocycles. The van der Waals surface area contributed by atoms with Gasteiger partial charge in [0, 0.05) is 21.7 Å². The molecule has 6 heavy (non-hydrogen) atoms. The quantitative estimate of drug-likeness (QED) is 0.405. The maximum atomic E-state index is 0. The van der Waals surface area contributed by atoms with Crippen molar-refractivity contribution in [1.29, 1.82) is 0 Å². The molecule has 36 valence electrons. The van der Waals surface area contributed by atoms with Crippen LogP contribution >= 0.6 is 0 Å². The minimum Gasteiger partial charge on any atom is -0.870 e. The first-order valence-corrected chi connectivity index (χ1v) is 0. The molecule has 0 aromatic heterocycles. The summed E-state index contributed by atoms with van der Waals surface area (Å²) in [6, 6.07) is 0. The van der Waals surface area contributed by atoms with Crippen molar-refractivity contribution in [3.8, 4) is 0 Å². The van der Waals surface area contributed by atoms with Crippen LogP contribution in [-0.4, -0.2) is 42.6 Å². The second kappa shape index (κ2) is 51.1. The van der Waals surface area contributed by atoms with Crippen molar-refractivity contribution in [3.05, 3.63) is 0 Å². The fraction of sp³-hybridized carbons (Fsp3) is 0. The van der Waals surface area contributed by atoms with Crippen molar-refractivity contribution in [2.24, 2.45) is 0 Å². The maximum Gasteiger partial charge on any atom is 1.00 e. The molecular weight excluding hydrogens is 328 g/mol. The molecule has 0 radical (unpaired) electrons. The van der Waals surface area contributed by atoms with E-state index in [4.69, 9.17) is 0 Å².